The number of benzene rings is 1. The number of hydrogen-bond donors (Lipinski definition) is 3. The zero-order valence-corrected chi connectivity index (χ0v) is 16.9. The predicted molar refractivity (Wildman–Crippen MR) is 106 cm³/mol. The summed E-state index contributed by atoms with van der Waals surface area (Å²) in [5.41, 5.74) is 0.708. The van der Waals surface area contributed by atoms with E-state index in [4.69, 9.17) is 4.74 Å². The highest BCUT2D eigenvalue weighted by molar-refractivity contribution is 9.10. The van der Waals surface area contributed by atoms with Gasteiger partial charge in [0, 0.05) is 24.2 Å². The predicted octanol–water partition coefficient (Wildman–Crippen LogP) is 2.86. The summed E-state index contributed by atoms with van der Waals surface area (Å²) in [6, 6.07) is 5.14. The first kappa shape index (κ1) is 21.1. The van der Waals surface area contributed by atoms with Gasteiger partial charge in [0.05, 0.1) is 19.3 Å². The Balaban J connectivity index is 1.66. The summed E-state index contributed by atoms with van der Waals surface area (Å²) in [4.78, 5) is 4.38. The SMILES string of the molecule is CCNC(=NCC(O)COCC1CC1)NCCCc1ccc(Br)cc1F. The molecule has 26 heavy (non-hydrogen) atoms. The van der Waals surface area contributed by atoms with Crippen molar-refractivity contribution in [1.82, 2.24) is 10.6 Å². The topological polar surface area (TPSA) is 65.9 Å². The van der Waals surface area contributed by atoms with E-state index in [0.29, 0.717) is 43.6 Å². The summed E-state index contributed by atoms with van der Waals surface area (Å²) in [6.07, 6.45) is 3.33. The summed E-state index contributed by atoms with van der Waals surface area (Å²) >= 11 is 3.26. The van der Waals surface area contributed by atoms with Crippen molar-refractivity contribution in [3.05, 3.63) is 34.1 Å². The molecule has 0 aliphatic heterocycles. The number of rotatable bonds is 11. The van der Waals surface area contributed by atoms with Crippen molar-refractivity contribution >= 4 is 21.9 Å². The third-order valence-corrected chi connectivity index (χ3v) is 4.59. The fourth-order valence-corrected chi connectivity index (χ4v) is 2.79. The van der Waals surface area contributed by atoms with Gasteiger partial charge in [-0.2, -0.15) is 0 Å². The fraction of sp³-hybridized carbons (Fsp3) is 0.632. The molecular formula is C19H29BrFN3O2. The van der Waals surface area contributed by atoms with Gasteiger partial charge in [-0.1, -0.05) is 22.0 Å². The van der Waals surface area contributed by atoms with Crippen LogP contribution in [-0.2, 0) is 11.2 Å². The number of aliphatic hydroxyl groups is 1. The second-order valence-corrected chi connectivity index (χ2v) is 7.54. The molecule has 0 amide bonds. The van der Waals surface area contributed by atoms with E-state index in [2.05, 4.69) is 31.6 Å². The van der Waals surface area contributed by atoms with Gasteiger partial charge in [-0.05, 0) is 56.2 Å². The molecule has 7 heteroatoms. The normalized spacial score (nSPS) is 15.8. The molecule has 1 unspecified atom stereocenters. The average molecular weight is 430 g/mol. The molecule has 1 aromatic rings. The molecular weight excluding hydrogens is 401 g/mol. The lowest BCUT2D eigenvalue weighted by molar-refractivity contribution is 0.0368. The van der Waals surface area contributed by atoms with Crippen LogP contribution in [0.2, 0.25) is 0 Å². The van der Waals surface area contributed by atoms with Crippen molar-refractivity contribution in [2.24, 2.45) is 10.9 Å². The third-order valence-electron chi connectivity index (χ3n) is 4.10. The Bertz CT molecular complexity index is 582. The molecule has 1 fully saturated rings. The number of nitrogens with zero attached hydrogens (tertiary/aromatic N) is 1. The Labute approximate surface area is 163 Å². The van der Waals surface area contributed by atoms with E-state index in [1.54, 1.807) is 6.07 Å². The molecule has 1 aromatic carbocycles. The number of nitrogens with one attached hydrogen (secondary N) is 2. The number of aryl methyl sites for hydroxylation is 1. The highest BCUT2D eigenvalue weighted by Gasteiger charge is 2.21. The molecule has 0 spiro atoms. The van der Waals surface area contributed by atoms with Crippen molar-refractivity contribution in [3.63, 3.8) is 0 Å². The summed E-state index contributed by atoms with van der Waals surface area (Å²) in [5, 5.41) is 16.3. The standard InChI is InChI=1S/C19H29BrFN3O2/c1-2-22-19(24-11-17(25)13-26-12-14-5-6-14)23-9-3-4-15-7-8-16(20)10-18(15)21/h7-8,10,14,17,25H,2-6,9,11-13H2,1H3,(H2,22,23,24). The fourth-order valence-electron chi connectivity index (χ4n) is 2.46. The maximum atomic E-state index is 13.8. The molecule has 0 aromatic heterocycles. The van der Waals surface area contributed by atoms with Gasteiger partial charge in [0.25, 0.3) is 0 Å². The molecule has 5 nitrogen and oxygen atoms in total. The Morgan fingerprint density at radius 3 is 2.92 bits per heavy atom. The maximum Gasteiger partial charge on any atom is 0.191 e. The second kappa shape index (κ2) is 11.5. The van der Waals surface area contributed by atoms with Gasteiger partial charge in [0.1, 0.15) is 5.82 Å². The van der Waals surface area contributed by atoms with Crippen LogP contribution in [0.5, 0.6) is 0 Å². The lowest BCUT2D eigenvalue weighted by Crippen LogP contribution is -2.38. The smallest absolute Gasteiger partial charge is 0.191 e. The van der Waals surface area contributed by atoms with Gasteiger partial charge >= 0.3 is 0 Å². The molecule has 0 bridgehead atoms. The van der Waals surface area contributed by atoms with E-state index >= 15 is 0 Å². The monoisotopic (exact) mass is 429 g/mol. The summed E-state index contributed by atoms with van der Waals surface area (Å²) in [7, 11) is 0. The molecule has 1 atom stereocenters. The highest BCUT2D eigenvalue weighted by Crippen LogP contribution is 2.28. The number of guanidine groups is 1. The van der Waals surface area contributed by atoms with Gasteiger partial charge in [-0.15, -0.1) is 0 Å². The van der Waals surface area contributed by atoms with Crippen LogP contribution in [0, 0.1) is 11.7 Å². The first-order valence-corrected chi connectivity index (χ1v) is 10.1. The minimum Gasteiger partial charge on any atom is -0.389 e. The van der Waals surface area contributed by atoms with Crippen LogP contribution >= 0.6 is 15.9 Å². The number of aliphatic hydroxyl groups excluding tert-OH is 1. The number of halogens is 2. The maximum absolute atomic E-state index is 13.8. The van der Waals surface area contributed by atoms with Crippen LogP contribution in [0.1, 0.15) is 31.7 Å². The molecule has 1 saturated carbocycles. The lowest BCUT2D eigenvalue weighted by atomic mass is 10.1. The van der Waals surface area contributed by atoms with E-state index in [0.717, 1.165) is 24.0 Å². The molecule has 1 aliphatic rings. The molecule has 0 saturated heterocycles. The van der Waals surface area contributed by atoms with Crippen LogP contribution in [0.25, 0.3) is 0 Å². The van der Waals surface area contributed by atoms with Crippen molar-refractivity contribution < 1.29 is 14.2 Å². The highest BCUT2D eigenvalue weighted by atomic mass is 79.9. The quantitative estimate of drug-likeness (QED) is 0.287. The molecule has 0 radical (unpaired) electrons. The van der Waals surface area contributed by atoms with Gasteiger partial charge in [0.15, 0.2) is 5.96 Å². The van der Waals surface area contributed by atoms with E-state index < -0.39 is 6.10 Å². The Morgan fingerprint density at radius 2 is 2.23 bits per heavy atom. The Hall–Kier alpha value is -1.18. The minimum absolute atomic E-state index is 0.186. The number of aliphatic imine (C=N–C) groups is 1. The second-order valence-electron chi connectivity index (χ2n) is 6.62. The zero-order chi connectivity index (χ0) is 18.8. The number of hydrogen-bond acceptors (Lipinski definition) is 3. The largest absolute Gasteiger partial charge is 0.389 e. The summed E-state index contributed by atoms with van der Waals surface area (Å²) in [6.45, 7) is 4.76. The van der Waals surface area contributed by atoms with E-state index in [9.17, 15) is 9.50 Å². The molecule has 146 valence electrons. The molecule has 0 heterocycles. The van der Waals surface area contributed by atoms with Crippen molar-refractivity contribution in [1.29, 1.82) is 0 Å². The van der Waals surface area contributed by atoms with Crippen LogP contribution in [0.4, 0.5) is 4.39 Å². The van der Waals surface area contributed by atoms with Gasteiger partial charge < -0.3 is 20.5 Å². The average Bonchev–Trinajstić information content (AvgIpc) is 3.42. The van der Waals surface area contributed by atoms with E-state index in [1.807, 2.05) is 13.0 Å². The lowest BCUT2D eigenvalue weighted by Gasteiger charge is -2.13. The van der Waals surface area contributed by atoms with Crippen LogP contribution < -0.4 is 10.6 Å². The van der Waals surface area contributed by atoms with Crippen molar-refractivity contribution in [2.45, 2.75) is 38.7 Å². The minimum atomic E-state index is -0.596. The summed E-state index contributed by atoms with van der Waals surface area (Å²) < 4.78 is 20.0. The van der Waals surface area contributed by atoms with E-state index in [1.165, 1.54) is 18.9 Å². The van der Waals surface area contributed by atoms with Gasteiger partial charge in [-0.25, -0.2) is 4.39 Å². The first-order chi connectivity index (χ1) is 12.6. The Morgan fingerprint density at radius 1 is 1.42 bits per heavy atom. The molecule has 1 aliphatic carbocycles. The van der Waals surface area contributed by atoms with Gasteiger partial charge in [-0.3, -0.25) is 4.99 Å². The first-order valence-electron chi connectivity index (χ1n) is 9.30. The molecule has 2 rings (SSSR count). The van der Waals surface area contributed by atoms with E-state index in [-0.39, 0.29) is 5.82 Å². The van der Waals surface area contributed by atoms with Crippen molar-refractivity contribution in [3.8, 4) is 0 Å². The number of ether oxygens (including phenoxy) is 1. The Kier molecular flexibility index (Phi) is 9.36. The third kappa shape index (κ3) is 8.47. The zero-order valence-electron chi connectivity index (χ0n) is 15.3. The van der Waals surface area contributed by atoms with Gasteiger partial charge in [0.2, 0.25) is 0 Å². The van der Waals surface area contributed by atoms with Crippen molar-refractivity contribution in [2.75, 3.05) is 32.8 Å². The molecule has 3 N–H and O–H groups in total. The van der Waals surface area contributed by atoms with Crippen LogP contribution in [0.15, 0.2) is 27.7 Å². The van der Waals surface area contributed by atoms with Crippen LogP contribution in [0.3, 0.4) is 0 Å². The van der Waals surface area contributed by atoms with Crippen LogP contribution in [-0.4, -0.2) is 50.0 Å². The summed E-state index contributed by atoms with van der Waals surface area (Å²) in [5.74, 6) is 1.17.